The molecule has 4 nitrogen and oxygen atoms in total. The van der Waals surface area contributed by atoms with Gasteiger partial charge >= 0.3 is 0 Å². The van der Waals surface area contributed by atoms with E-state index in [0.29, 0.717) is 21.4 Å². The minimum atomic E-state index is 0.366. The summed E-state index contributed by atoms with van der Waals surface area (Å²) < 4.78 is 2.90. The van der Waals surface area contributed by atoms with Crippen molar-refractivity contribution in [3.63, 3.8) is 0 Å². The molecule has 0 aliphatic heterocycles. The summed E-state index contributed by atoms with van der Waals surface area (Å²) in [5.41, 5.74) is 2.78. The average Bonchev–Trinajstić information content (AvgIpc) is 3.13. The normalized spacial score (nSPS) is 11.9. The van der Waals surface area contributed by atoms with Crippen LogP contribution in [0.25, 0.3) is 27.5 Å². The van der Waals surface area contributed by atoms with Gasteiger partial charge in [0.2, 0.25) is 0 Å². The van der Waals surface area contributed by atoms with Crippen molar-refractivity contribution >= 4 is 50.5 Å². The number of rotatable bonds is 2. The number of fused-ring (bicyclic) bond motifs is 2. The number of hydrogen-bond acceptors (Lipinski definition) is 4. The third-order valence-electron chi connectivity index (χ3n) is 3.45. The number of hydrogen-bond donors (Lipinski definition) is 0. The SMILES string of the molecule is N#CC(=Cc1c(Cl)nc2ccccn12)c1nc2ccccc2s1. The first kappa shape index (κ1) is 13.9. The van der Waals surface area contributed by atoms with Crippen LogP contribution in [0, 0.1) is 11.3 Å². The Labute approximate surface area is 140 Å². The molecule has 4 aromatic rings. The van der Waals surface area contributed by atoms with Crippen molar-refractivity contribution in [2.75, 3.05) is 0 Å². The van der Waals surface area contributed by atoms with Crippen molar-refractivity contribution in [1.29, 1.82) is 5.26 Å². The Balaban J connectivity index is 1.90. The number of nitriles is 1. The molecule has 0 aliphatic rings. The van der Waals surface area contributed by atoms with Gasteiger partial charge in [-0.2, -0.15) is 5.26 Å². The number of allylic oxidation sites excluding steroid dienone is 1. The Morgan fingerprint density at radius 3 is 2.83 bits per heavy atom. The van der Waals surface area contributed by atoms with Crippen LogP contribution >= 0.6 is 22.9 Å². The van der Waals surface area contributed by atoms with Gasteiger partial charge in [0.1, 0.15) is 16.7 Å². The molecular weight excluding hydrogens is 328 g/mol. The molecule has 0 saturated carbocycles. The highest BCUT2D eigenvalue weighted by molar-refractivity contribution is 7.19. The number of nitrogens with zero attached hydrogens (tertiary/aromatic N) is 4. The number of thiazole rings is 1. The first-order valence-corrected chi connectivity index (χ1v) is 8.06. The number of aromatic nitrogens is 3. The maximum Gasteiger partial charge on any atom is 0.155 e. The fourth-order valence-corrected chi connectivity index (χ4v) is 3.55. The van der Waals surface area contributed by atoms with E-state index in [-0.39, 0.29) is 0 Å². The highest BCUT2D eigenvalue weighted by Crippen LogP contribution is 2.29. The van der Waals surface area contributed by atoms with Crippen molar-refractivity contribution < 1.29 is 0 Å². The molecule has 1 aromatic carbocycles. The van der Waals surface area contributed by atoms with Gasteiger partial charge < -0.3 is 0 Å². The zero-order valence-electron chi connectivity index (χ0n) is 11.8. The number of para-hydroxylation sites is 1. The van der Waals surface area contributed by atoms with E-state index in [2.05, 4.69) is 16.0 Å². The van der Waals surface area contributed by atoms with Crippen LogP contribution in [0.3, 0.4) is 0 Å². The van der Waals surface area contributed by atoms with E-state index in [9.17, 15) is 5.26 Å². The topological polar surface area (TPSA) is 54.0 Å². The van der Waals surface area contributed by atoms with Gasteiger partial charge in [-0.05, 0) is 30.3 Å². The first-order chi connectivity index (χ1) is 11.3. The fraction of sp³-hybridized carbons (Fsp3) is 0. The van der Waals surface area contributed by atoms with Crippen LogP contribution in [0.4, 0.5) is 0 Å². The van der Waals surface area contributed by atoms with E-state index in [1.54, 1.807) is 6.08 Å². The number of pyridine rings is 1. The molecule has 4 rings (SSSR count). The minimum absolute atomic E-state index is 0.366. The lowest BCUT2D eigenvalue weighted by molar-refractivity contribution is 1.17. The molecule has 3 aromatic heterocycles. The van der Waals surface area contributed by atoms with Crippen molar-refractivity contribution in [2.45, 2.75) is 0 Å². The Hall–Kier alpha value is -2.68. The Bertz CT molecular complexity index is 1070. The van der Waals surface area contributed by atoms with Gasteiger partial charge in [0.05, 0.1) is 21.5 Å². The molecule has 3 heterocycles. The summed E-state index contributed by atoms with van der Waals surface area (Å²) in [7, 11) is 0. The number of halogens is 1. The first-order valence-electron chi connectivity index (χ1n) is 6.86. The van der Waals surface area contributed by atoms with Crippen LogP contribution < -0.4 is 0 Å². The molecule has 0 unspecified atom stereocenters. The molecule has 0 fully saturated rings. The van der Waals surface area contributed by atoms with Gasteiger partial charge in [0.25, 0.3) is 0 Å². The van der Waals surface area contributed by atoms with Gasteiger partial charge in [-0.1, -0.05) is 29.8 Å². The van der Waals surface area contributed by atoms with Gasteiger partial charge in [-0.25, -0.2) is 9.97 Å². The van der Waals surface area contributed by atoms with Crippen LogP contribution in [0.1, 0.15) is 10.7 Å². The van der Waals surface area contributed by atoms with Crippen LogP contribution in [0.15, 0.2) is 48.7 Å². The lowest BCUT2D eigenvalue weighted by Gasteiger charge is -1.97. The molecule has 0 saturated heterocycles. The highest BCUT2D eigenvalue weighted by Gasteiger charge is 2.13. The summed E-state index contributed by atoms with van der Waals surface area (Å²) >= 11 is 7.72. The van der Waals surface area contributed by atoms with Crippen molar-refractivity contribution in [2.24, 2.45) is 0 Å². The summed E-state index contributed by atoms with van der Waals surface area (Å²) in [6.07, 6.45) is 3.60. The molecule has 0 spiro atoms. The van der Waals surface area contributed by atoms with E-state index < -0.39 is 0 Å². The predicted molar refractivity (Wildman–Crippen MR) is 93.3 cm³/mol. The zero-order chi connectivity index (χ0) is 15.8. The van der Waals surface area contributed by atoms with E-state index in [1.165, 1.54) is 11.3 Å². The second-order valence-electron chi connectivity index (χ2n) is 4.87. The molecule has 6 heteroatoms. The van der Waals surface area contributed by atoms with E-state index in [0.717, 1.165) is 15.9 Å². The molecule has 0 bridgehead atoms. The van der Waals surface area contributed by atoms with Crippen molar-refractivity contribution in [3.8, 4) is 6.07 Å². The molecule has 0 radical (unpaired) electrons. The van der Waals surface area contributed by atoms with Gasteiger partial charge in [0, 0.05) is 6.20 Å². The van der Waals surface area contributed by atoms with E-state index >= 15 is 0 Å². The standard InChI is InChI=1S/C17H9ClN4S/c18-16-13(22-8-4-3-7-15(22)21-16)9-11(10-19)17-20-12-5-1-2-6-14(12)23-17/h1-9H. The molecule has 23 heavy (non-hydrogen) atoms. The summed E-state index contributed by atoms with van der Waals surface area (Å²) in [4.78, 5) is 8.82. The number of imidazole rings is 1. The molecule has 0 N–H and O–H groups in total. The van der Waals surface area contributed by atoms with Crippen LogP contribution in [-0.4, -0.2) is 14.4 Å². The van der Waals surface area contributed by atoms with Gasteiger partial charge in [0.15, 0.2) is 5.15 Å². The summed E-state index contributed by atoms with van der Waals surface area (Å²) in [5.74, 6) is 0. The lowest BCUT2D eigenvalue weighted by atomic mass is 10.2. The highest BCUT2D eigenvalue weighted by atomic mass is 35.5. The average molecular weight is 337 g/mol. The largest absolute Gasteiger partial charge is 0.299 e. The fourth-order valence-electron chi connectivity index (χ4n) is 2.38. The summed E-state index contributed by atoms with van der Waals surface area (Å²) in [6, 6.07) is 15.7. The van der Waals surface area contributed by atoms with Crippen LogP contribution in [0.2, 0.25) is 5.15 Å². The second kappa shape index (κ2) is 5.51. The third-order valence-corrected chi connectivity index (χ3v) is 4.80. The maximum absolute atomic E-state index is 9.54. The number of benzene rings is 1. The minimum Gasteiger partial charge on any atom is -0.299 e. The smallest absolute Gasteiger partial charge is 0.155 e. The van der Waals surface area contributed by atoms with Crippen molar-refractivity contribution in [1.82, 2.24) is 14.4 Å². The maximum atomic E-state index is 9.54. The van der Waals surface area contributed by atoms with Gasteiger partial charge in [-0.3, -0.25) is 4.40 Å². The third kappa shape index (κ3) is 2.38. The predicted octanol–water partition coefficient (Wildman–Crippen LogP) is 4.66. The Morgan fingerprint density at radius 2 is 2.00 bits per heavy atom. The second-order valence-corrected chi connectivity index (χ2v) is 6.26. The molecule has 110 valence electrons. The lowest BCUT2D eigenvalue weighted by Crippen LogP contribution is -1.87. The van der Waals surface area contributed by atoms with Crippen LogP contribution in [-0.2, 0) is 0 Å². The Kier molecular flexibility index (Phi) is 3.34. The van der Waals surface area contributed by atoms with Crippen LogP contribution in [0.5, 0.6) is 0 Å². The molecular formula is C17H9ClN4S. The monoisotopic (exact) mass is 336 g/mol. The van der Waals surface area contributed by atoms with E-state index in [1.807, 2.05) is 53.1 Å². The molecule has 0 amide bonds. The zero-order valence-corrected chi connectivity index (χ0v) is 13.3. The van der Waals surface area contributed by atoms with Crippen molar-refractivity contribution in [3.05, 3.63) is 64.5 Å². The van der Waals surface area contributed by atoms with E-state index in [4.69, 9.17) is 11.6 Å². The molecule has 0 aliphatic carbocycles. The molecule has 0 atom stereocenters. The summed E-state index contributed by atoms with van der Waals surface area (Å²) in [5, 5.41) is 10.6. The Morgan fingerprint density at radius 1 is 1.17 bits per heavy atom. The quantitative estimate of drug-likeness (QED) is 0.500. The summed E-state index contributed by atoms with van der Waals surface area (Å²) in [6.45, 7) is 0. The van der Waals surface area contributed by atoms with Gasteiger partial charge in [-0.15, -0.1) is 11.3 Å².